The number of rotatable bonds is 2. The normalized spacial score (nSPS) is 31.1. The molecule has 0 aliphatic carbocycles. The number of hydrogen-bond acceptors (Lipinski definition) is 3. The van der Waals surface area contributed by atoms with Crippen LogP contribution in [0.2, 0.25) is 0 Å². The molecule has 3 heteroatoms. The lowest BCUT2D eigenvalue weighted by molar-refractivity contribution is 0.112. The molecule has 1 aliphatic heterocycles. The first-order valence-electron chi connectivity index (χ1n) is 4.05. The van der Waals surface area contributed by atoms with Gasteiger partial charge in [0.1, 0.15) is 0 Å². The Labute approximate surface area is 68.5 Å². The fourth-order valence-electron chi connectivity index (χ4n) is 1.73. The van der Waals surface area contributed by atoms with Gasteiger partial charge >= 0.3 is 0 Å². The van der Waals surface area contributed by atoms with Crippen LogP contribution < -0.4 is 5.84 Å². The second kappa shape index (κ2) is 3.09. The number of nitrogens with two attached hydrogens (primary N) is 1. The van der Waals surface area contributed by atoms with Crippen LogP contribution in [-0.2, 0) is 4.74 Å². The molecule has 1 rings (SSSR count). The molecule has 2 N–H and O–H groups in total. The molecule has 11 heavy (non-hydrogen) atoms. The van der Waals surface area contributed by atoms with Crippen LogP contribution >= 0.6 is 0 Å². The highest BCUT2D eigenvalue weighted by atomic mass is 16.5. The van der Waals surface area contributed by atoms with E-state index in [0.29, 0.717) is 11.3 Å². The van der Waals surface area contributed by atoms with Crippen LogP contribution in [0.1, 0.15) is 13.8 Å². The Morgan fingerprint density at radius 2 is 2.27 bits per heavy atom. The minimum absolute atomic E-state index is 0.310. The molecule has 0 aromatic carbocycles. The third-order valence-corrected chi connectivity index (χ3v) is 2.54. The van der Waals surface area contributed by atoms with Gasteiger partial charge in [-0.1, -0.05) is 13.8 Å². The van der Waals surface area contributed by atoms with Gasteiger partial charge in [0.2, 0.25) is 0 Å². The summed E-state index contributed by atoms with van der Waals surface area (Å²) in [4.78, 5) is 0. The monoisotopic (exact) mass is 158 g/mol. The lowest BCUT2D eigenvalue weighted by Gasteiger charge is -2.24. The van der Waals surface area contributed by atoms with Crippen molar-refractivity contribution in [3.05, 3.63) is 0 Å². The van der Waals surface area contributed by atoms with Crippen molar-refractivity contribution in [3.63, 3.8) is 0 Å². The van der Waals surface area contributed by atoms with E-state index in [-0.39, 0.29) is 0 Å². The highest BCUT2D eigenvalue weighted by Crippen LogP contribution is 2.33. The zero-order valence-corrected chi connectivity index (χ0v) is 7.63. The Hall–Kier alpha value is -0.120. The first-order valence-corrected chi connectivity index (χ1v) is 4.05. The maximum atomic E-state index is 5.71. The van der Waals surface area contributed by atoms with Gasteiger partial charge in [-0.05, 0) is 5.41 Å². The van der Waals surface area contributed by atoms with E-state index in [0.717, 1.165) is 19.7 Å². The van der Waals surface area contributed by atoms with Crippen molar-refractivity contribution in [1.82, 2.24) is 5.01 Å². The van der Waals surface area contributed by atoms with Crippen molar-refractivity contribution in [2.24, 2.45) is 17.2 Å². The molecule has 0 bridgehead atoms. The molecule has 1 heterocycles. The van der Waals surface area contributed by atoms with Gasteiger partial charge in [0.05, 0.1) is 6.61 Å². The van der Waals surface area contributed by atoms with E-state index in [1.807, 2.05) is 5.01 Å². The van der Waals surface area contributed by atoms with Crippen molar-refractivity contribution >= 4 is 0 Å². The second-order valence-corrected chi connectivity index (χ2v) is 4.07. The predicted molar refractivity (Wildman–Crippen MR) is 44.9 cm³/mol. The van der Waals surface area contributed by atoms with E-state index in [9.17, 15) is 0 Å². The Morgan fingerprint density at radius 3 is 2.64 bits per heavy atom. The first kappa shape index (κ1) is 8.97. The van der Waals surface area contributed by atoms with Gasteiger partial charge in [-0.3, -0.25) is 5.84 Å². The quantitative estimate of drug-likeness (QED) is 0.593. The molecule has 0 saturated carbocycles. The summed E-state index contributed by atoms with van der Waals surface area (Å²) in [6.07, 6.45) is 0. The molecule has 1 fully saturated rings. The summed E-state index contributed by atoms with van der Waals surface area (Å²) in [6, 6.07) is 0. The van der Waals surface area contributed by atoms with Gasteiger partial charge in [-0.15, -0.1) is 0 Å². The smallest absolute Gasteiger partial charge is 0.0508 e. The summed E-state index contributed by atoms with van der Waals surface area (Å²) in [5.41, 5.74) is 0.310. The molecule has 0 amide bonds. The standard InChI is InChI=1S/C8H18N2O/c1-8(2)6-10(9)4-7(8)5-11-3/h7H,4-6,9H2,1-3H3. The molecular formula is C8H18N2O. The molecule has 0 radical (unpaired) electrons. The molecule has 1 atom stereocenters. The maximum Gasteiger partial charge on any atom is 0.0508 e. The lowest BCUT2D eigenvalue weighted by atomic mass is 9.83. The van der Waals surface area contributed by atoms with Gasteiger partial charge in [0, 0.05) is 26.1 Å². The minimum atomic E-state index is 0.310. The Kier molecular flexibility index (Phi) is 2.52. The van der Waals surface area contributed by atoms with Crippen LogP contribution in [0.15, 0.2) is 0 Å². The number of hydrazine groups is 1. The van der Waals surface area contributed by atoms with Gasteiger partial charge in [-0.2, -0.15) is 0 Å². The van der Waals surface area contributed by atoms with Crippen LogP contribution in [0.3, 0.4) is 0 Å². The number of nitrogens with zero attached hydrogens (tertiary/aromatic N) is 1. The molecule has 1 aliphatic rings. The molecule has 0 aromatic rings. The molecule has 3 nitrogen and oxygen atoms in total. The van der Waals surface area contributed by atoms with E-state index < -0.39 is 0 Å². The first-order chi connectivity index (χ1) is 5.06. The zero-order chi connectivity index (χ0) is 8.48. The third kappa shape index (κ3) is 1.92. The van der Waals surface area contributed by atoms with Gasteiger partial charge < -0.3 is 4.74 Å². The van der Waals surface area contributed by atoms with Crippen LogP contribution in [0.25, 0.3) is 0 Å². The average molecular weight is 158 g/mol. The van der Waals surface area contributed by atoms with Gasteiger partial charge in [0.25, 0.3) is 0 Å². The van der Waals surface area contributed by atoms with E-state index in [1.54, 1.807) is 7.11 Å². The highest BCUT2D eigenvalue weighted by Gasteiger charge is 2.37. The summed E-state index contributed by atoms with van der Waals surface area (Å²) in [5, 5.41) is 1.88. The third-order valence-electron chi connectivity index (χ3n) is 2.54. The van der Waals surface area contributed by atoms with Crippen LogP contribution in [0, 0.1) is 11.3 Å². The van der Waals surface area contributed by atoms with Gasteiger partial charge in [-0.25, -0.2) is 5.01 Å². The molecule has 66 valence electrons. The van der Waals surface area contributed by atoms with Crippen LogP contribution in [0.5, 0.6) is 0 Å². The summed E-state index contributed by atoms with van der Waals surface area (Å²) in [5.74, 6) is 6.29. The lowest BCUT2D eigenvalue weighted by Crippen LogP contribution is -2.29. The molecule has 1 saturated heterocycles. The van der Waals surface area contributed by atoms with Crippen molar-refractivity contribution in [2.45, 2.75) is 13.8 Å². The number of methoxy groups -OCH3 is 1. The Balaban J connectivity index is 2.51. The Morgan fingerprint density at radius 1 is 1.64 bits per heavy atom. The van der Waals surface area contributed by atoms with Crippen molar-refractivity contribution in [2.75, 3.05) is 26.8 Å². The molecule has 0 aromatic heterocycles. The number of ether oxygens (including phenoxy) is 1. The molecular weight excluding hydrogens is 140 g/mol. The fourth-order valence-corrected chi connectivity index (χ4v) is 1.73. The maximum absolute atomic E-state index is 5.71. The Bertz CT molecular complexity index is 136. The van der Waals surface area contributed by atoms with E-state index in [1.165, 1.54) is 0 Å². The summed E-state index contributed by atoms with van der Waals surface area (Å²) >= 11 is 0. The molecule has 1 unspecified atom stereocenters. The van der Waals surface area contributed by atoms with Crippen molar-refractivity contribution in [1.29, 1.82) is 0 Å². The van der Waals surface area contributed by atoms with Crippen LogP contribution in [0.4, 0.5) is 0 Å². The SMILES string of the molecule is COCC1CN(N)CC1(C)C. The molecule has 0 spiro atoms. The van der Waals surface area contributed by atoms with E-state index in [4.69, 9.17) is 10.6 Å². The van der Waals surface area contributed by atoms with Crippen molar-refractivity contribution < 1.29 is 4.74 Å². The predicted octanol–water partition coefficient (Wildman–Crippen LogP) is 0.464. The zero-order valence-electron chi connectivity index (χ0n) is 7.63. The summed E-state index contributed by atoms with van der Waals surface area (Å²) in [7, 11) is 1.75. The highest BCUT2D eigenvalue weighted by molar-refractivity contribution is 4.88. The minimum Gasteiger partial charge on any atom is -0.384 e. The van der Waals surface area contributed by atoms with Crippen LogP contribution in [-0.4, -0.2) is 31.8 Å². The summed E-state index contributed by atoms with van der Waals surface area (Å²) in [6.45, 7) is 7.23. The number of hydrogen-bond donors (Lipinski definition) is 1. The van der Waals surface area contributed by atoms with E-state index in [2.05, 4.69) is 13.8 Å². The topological polar surface area (TPSA) is 38.5 Å². The van der Waals surface area contributed by atoms with E-state index >= 15 is 0 Å². The largest absolute Gasteiger partial charge is 0.384 e. The van der Waals surface area contributed by atoms with Gasteiger partial charge in [0.15, 0.2) is 0 Å². The average Bonchev–Trinajstić information content (AvgIpc) is 2.07. The second-order valence-electron chi connectivity index (χ2n) is 4.07. The fraction of sp³-hybridized carbons (Fsp3) is 1.00. The summed E-state index contributed by atoms with van der Waals surface area (Å²) < 4.78 is 5.13. The van der Waals surface area contributed by atoms with Crippen molar-refractivity contribution in [3.8, 4) is 0 Å².